The van der Waals surface area contributed by atoms with Gasteiger partial charge in [0.1, 0.15) is 0 Å². The largest absolute Gasteiger partial charge is 0.511 e. The molecule has 1 unspecified atom stereocenters. The molecule has 1 saturated heterocycles. The maximum atomic E-state index is 12.7. The number of aryl methyl sites for hydroxylation is 1. The minimum atomic E-state index is -5.24. The summed E-state index contributed by atoms with van der Waals surface area (Å²) in [7, 11) is -5.24. The number of sulfonamides is 1. The highest BCUT2D eigenvalue weighted by molar-refractivity contribution is 7.90. The molecule has 0 amide bonds. The van der Waals surface area contributed by atoms with Crippen LogP contribution in [0.15, 0.2) is 29.3 Å². The van der Waals surface area contributed by atoms with Crippen LogP contribution in [-0.2, 0) is 10.0 Å². The first-order chi connectivity index (χ1) is 13.6. The molecule has 2 N–H and O–H groups in total. The molecule has 1 aliphatic rings. The van der Waals surface area contributed by atoms with E-state index in [-0.39, 0.29) is 25.0 Å². The van der Waals surface area contributed by atoms with Crippen molar-refractivity contribution in [3.05, 3.63) is 35.4 Å². The SMILES string of the molecule is CCNC(=NCC1CCN(S(=O)(=O)C(F)(F)F)CC1)NC(C)c1ccccc1C. The number of nitrogens with zero attached hydrogens (tertiary/aromatic N) is 2. The molecule has 0 aliphatic carbocycles. The molecular weight excluding hydrogens is 405 g/mol. The van der Waals surface area contributed by atoms with Crippen molar-refractivity contribution < 1.29 is 21.6 Å². The van der Waals surface area contributed by atoms with E-state index in [2.05, 4.69) is 15.6 Å². The van der Waals surface area contributed by atoms with Gasteiger partial charge >= 0.3 is 15.5 Å². The topological polar surface area (TPSA) is 73.8 Å². The first kappa shape index (κ1) is 23.5. The molecule has 1 fully saturated rings. The molecule has 164 valence electrons. The van der Waals surface area contributed by atoms with Crippen LogP contribution in [0.1, 0.15) is 43.9 Å². The number of alkyl halides is 3. The van der Waals surface area contributed by atoms with Crippen molar-refractivity contribution in [1.29, 1.82) is 0 Å². The van der Waals surface area contributed by atoms with Gasteiger partial charge in [0.05, 0.1) is 6.04 Å². The monoisotopic (exact) mass is 434 g/mol. The Labute approximate surface area is 170 Å². The van der Waals surface area contributed by atoms with Gasteiger partial charge in [-0.25, -0.2) is 8.42 Å². The summed E-state index contributed by atoms with van der Waals surface area (Å²) >= 11 is 0. The van der Waals surface area contributed by atoms with Crippen molar-refractivity contribution in [2.45, 2.75) is 45.2 Å². The summed E-state index contributed by atoms with van der Waals surface area (Å²) in [4.78, 5) is 4.57. The van der Waals surface area contributed by atoms with Gasteiger partial charge in [-0.1, -0.05) is 24.3 Å². The number of nitrogens with one attached hydrogen (secondary N) is 2. The Hall–Kier alpha value is -1.81. The second-order valence-corrected chi connectivity index (χ2v) is 9.16. The Morgan fingerprint density at radius 1 is 1.28 bits per heavy atom. The van der Waals surface area contributed by atoms with Crippen molar-refractivity contribution in [1.82, 2.24) is 14.9 Å². The first-order valence-electron chi connectivity index (χ1n) is 9.73. The quantitative estimate of drug-likeness (QED) is 0.533. The Bertz CT molecular complexity index is 804. The molecule has 0 radical (unpaired) electrons. The van der Waals surface area contributed by atoms with Crippen molar-refractivity contribution >= 4 is 16.0 Å². The van der Waals surface area contributed by atoms with Crippen LogP contribution >= 0.6 is 0 Å². The molecule has 0 spiro atoms. The molecule has 0 saturated carbocycles. The summed E-state index contributed by atoms with van der Waals surface area (Å²) in [6.07, 6.45) is 0.705. The highest BCUT2D eigenvalue weighted by Crippen LogP contribution is 2.30. The Morgan fingerprint density at radius 3 is 2.45 bits per heavy atom. The number of rotatable bonds is 6. The molecule has 0 bridgehead atoms. The molecule has 1 heterocycles. The zero-order valence-electron chi connectivity index (χ0n) is 17.0. The van der Waals surface area contributed by atoms with Gasteiger partial charge in [-0.3, -0.25) is 4.99 Å². The summed E-state index contributed by atoms with van der Waals surface area (Å²) in [5.41, 5.74) is -2.92. The molecule has 1 aliphatic heterocycles. The number of aliphatic imine (C=N–C) groups is 1. The van der Waals surface area contributed by atoms with Crippen LogP contribution in [0, 0.1) is 12.8 Å². The predicted molar refractivity (Wildman–Crippen MR) is 108 cm³/mol. The van der Waals surface area contributed by atoms with E-state index in [1.54, 1.807) is 0 Å². The summed E-state index contributed by atoms with van der Waals surface area (Å²) in [6.45, 7) is 6.87. The van der Waals surface area contributed by atoms with Crippen molar-refractivity contribution in [3.63, 3.8) is 0 Å². The third-order valence-electron chi connectivity index (χ3n) is 5.07. The van der Waals surface area contributed by atoms with E-state index in [4.69, 9.17) is 0 Å². The molecule has 6 nitrogen and oxygen atoms in total. The van der Waals surface area contributed by atoms with Gasteiger partial charge in [-0.15, -0.1) is 0 Å². The zero-order chi connectivity index (χ0) is 21.7. The van der Waals surface area contributed by atoms with Gasteiger partial charge in [0.15, 0.2) is 5.96 Å². The molecule has 10 heteroatoms. The lowest BCUT2D eigenvalue weighted by Gasteiger charge is -2.31. The van der Waals surface area contributed by atoms with Crippen LogP contribution in [-0.4, -0.2) is 50.4 Å². The molecule has 1 aromatic rings. The minimum absolute atomic E-state index is 0.0350. The summed E-state index contributed by atoms with van der Waals surface area (Å²) in [5.74, 6) is 0.674. The highest BCUT2D eigenvalue weighted by Gasteiger charge is 2.50. The number of benzene rings is 1. The van der Waals surface area contributed by atoms with Crippen molar-refractivity contribution in [3.8, 4) is 0 Å². The van der Waals surface area contributed by atoms with Gasteiger partial charge < -0.3 is 10.6 Å². The van der Waals surface area contributed by atoms with Gasteiger partial charge in [0, 0.05) is 26.2 Å². The number of hydrogen-bond donors (Lipinski definition) is 2. The first-order valence-corrected chi connectivity index (χ1v) is 11.2. The smallest absolute Gasteiger partial charge is 0.357 e. The average Bonchev–Trinajstić information content (AvgIpc) is 2.66. The maximum Gasteiger partial charge on any atom is 0.511 e. The third kappa shape index (κ3) is 6.08. The second kappa shape index (κ2) is 9.80. The molecule has 2 rings (SSSR count). The molecule has 1 atom stereocenters. The predicted octanol–water partition coefficient (Wildman–Crippen LogP) is 3.17. The lowest BCUT2D eigenvalue weighted by atomic mass is 9.98. The van der Waals surface area contributed by atoms with Crippen LogP contribution in [0.25, 0.3) is 0 Å². The zero-order valence-corrected chi connectivity index (χ0v) is 17.8. The van der Waals surface area contributed by atoms with Gasteiger partial charge in [0.2, 0.25) is 0 Å². The van der Waals surface area contributed by atoms with Crippen LogP contribution < -0.4 is 10.6 Å². The van der Waals surface area contributed by atoms with Crippen LogP contribution in [0.5, 0.6) is 0 Å². The van der Waals surface area contributed by atoms with E-state index in [0.717, 1.165) is 5.56 Å². The highest BCUT2D eigenvalue weighted by atomic mass is 32.2. The number of piperidine rings is 1. The van der Waals surface area contributed by atoms with E-state index in [1.165, 1.54) is 5.56 Å². The fourth-order valence-corrected chi connectivity index (χ4v) is 4.36. The summed E-state index contributed by atoms with van der Waals surface area (Å²) < 4.78 is 61.6. The van der Waals surface area contributed by atoms with E-state index < -0.39 is 15.5 Å². The summed E-state index contributed by atoms with van der Waals surface area (Å²) in [6, 6.07) is 8.09. The van der Waals surface area contributed by atoms with Crippen LogP contribution in [0.3, 0.4) is 0 Å². The lowest BCUT2D eigenvalue weighted by Crippen LogP contribution is -2.45. The molecule has 1 aromatic carbocycles. The Balaban J connectivity index is 1.95. The fraction of sp³-hybridized carbons (Fsp3) is 0.632. The van der Waals surface area contributed by atoms with Crippen molar-refractivity contribution in [2.24, 2.45) is 10.9 Å². The average molecular weight is 435 g/mol. The van der Waals surface area contributed by atoms with E-state index >= 15 is 0 Å². The Morgan fingerprint density at radius 2 is 1.90 bits per heavy atom. The second-order valence-electron chi connectivity index (χ2n) is 7.24. The van der Waals surface area contributed by atoms with Crippen molar-refractivity contribution in [2.75, 3.05) is 26.2 Å². The van der Waals surface area contributed by atoms with Crippen LogP contribution in [0.2, 0.25) is 0 Å². The standard InChI is InChI=1S/C19H29F3N4O2S/c1-4-23-18(25-15(3)17-8-6-5-7-14(17)2)24-13-16-9-11-26(12-10-16)29(27,28)19(20,21)22/h5-8,15-16H,4,9-13H2,1-3H3,(H2,23,24,25). The van der Waals surface area contributed by atoms with Gasteiger partial charge in [-0.05, 0) is 50.7 Å². The number of hydrogen-bond acceptors (Lipinski definition) is 3. The van der Waals surface area contributed by atoms with Crippen LogP contribution in [0.4, 0.5) is 13.2 Å². The number of guanidine groups is 1. The van der Waals surface area contributed by atoms with Gasteiger partial charge in [0.25, 0.3) is 0 Å². The van der Waals surface area contributed by atoms with Gasteiger partial charge in [-0.2, -0.15) is 17.5 Å². The molecule has 29 heavy (non-hydrogen) atoms. The fourth-order valence-electron chi connectivity index (χ4n) is 3.37. The molecule has 0 aromatic heterocycles. The van der Waals surface area contributed by atoms with E-state index in [9.17, 15) is 21.6 Å². The normalized spacial score (nSPS) is 18.5. The third-order valence-corrected chi connectivity index (χ3v) is 6.70. The Kier molecular flexibility index (Phi) is 7.93. The van der Waals surface area contributed by atoms with E-state index in [1.807, 2.05) is 45.0 Å². The maximum absolute atomic E-state index is 12.7. The lowest BCUT2D eigenvalue weighted by molar-refractivity contribution is -0.0496. The number of halogens is 3. The van der Waals surface area contributed by atoms with E-state index in [0.29, 0.717) is 36.2 Å². The molecular formula is C19H29F3N4O2S. The minimum Gasteiger partial charge on any atom is -0.357 e. The summed E-state index contributed by atoms with van der Waals surface area (Å²) in [5, 5.41) is 6.53.